The number of benzene rings is 1. The molecule has 5 heteroatoms. The first-order valence-electron chi connectivity index (χ1n) is 7.55. The van der Waals surface area contributed by atoms with Crippen LogP contribution in [0.4, 0.5) is 0 Å². The van der Waals surface area contributed by atoms with Gasteiger partial charge >= 0.3 is 0 Å². The van der Waals surface area contributed by atoms with Gasteiger partial charge in [0.2, 0.25) is 5.58 Å². The molecule has 0 saturated carbocycles. The number of hydrogen-bond donors (Lipinski definition) is 2. The lowest BCUT2D eigenvalue weighted by molar-refractivity contribution is -0.919. The van der Waals surface area contributed by atoms with E-state index in [-0.39, 0.29) is 5.56 Å². The van der Waals surface area contributed by atoms with Crippen molar-refractivity contribution < 1.29 is 9.32 Å². The molecular weight excluding hydrogens is 266 g/mol. The molecule has 0 bridgehead atoms. The molecule has 2 N–H and O–H groups in total. The molecule has 1 saturated heterocycles. The highest BCUT2D eigenvalue weighted by molar-refractivity contribution is 6.01. The number of quaternary nitrogens is 1. The van der Waals surface area contributed by atoms with Crippen LogP contribution in [0.1, 0.15) is 25.1 Å². The molecule has 1 aromatic carbocycles. The summed E-state index contributed by atoms with van der Waals surface area (Å²) < 4.78 is 5.62. The fraction of sp³-hybridized carbons (Fsp3) is 0.375. The Balaban J connectivity index is 1.79. The Morgan fingerprint density at radius 1 is 1.19 bits per heavy atom. The number of furan rings is 1. The number of nitrogens with zero attached hydrogens (tertiary/aromatic N) is 1. The van der Waals surface area contributed by atoms with Gasteiger partial charge in [-0.1, -0.05) is 12.1 Å². The SMILES string of the molecule is O=c1[nH]c(C[NH+]2CCCCC2)nc2c1oc1ccccc12. The van der Waals surface area contributed by atoms with Gasteiger partial charge in [0.25, 0.3) is 5.56 Å². The van der Waals surface area contributed by atoms with Gasteiger partial charge in [-0.25, -0.2) is 4.98 Å². The van der Waals surface area contributed by atoms with Crippen LogP contribution in [0.5, 0.6) is 0 Å². The van der Waals surface area contributed by atoms with Crippen molar-refractivity contribution in [1.29, 1.82) is 0 Å². The third kappa shape index (κ3) is 2.23. The quantitative estimate of drug-likeness (QED) is 0.744. The van der Waals surface area contributed by atoms with E-state index in [1.807, 2.05) is 24.3 Å². The molecule has 3 heterocycles. The van der Waals surface area contributed by atoms with Crippen molar-refractivity contribution >= 4 is 22.1 Å². The van der Waals surface area contributed by atoms with Crippen LogP contribution in [0.2, 0.25) is 0 Å². The first kappa shape index (κ1) is 12.6. The van der Waals surface area contributed by atoms with E-state index < -0.39 is 0 Å². The lowest BCUT2D eigenvalue weighted by Gasteiger charge is -2.22. The summed E-state index contributed by atoms with van der Waals surface area (Å²) in [5, 5.41) is 0.911. The Bertz CT molecular complexity index is 843. The van der Waals surface area contributed by atoms with Gasteiger partial charge in [0, 0.05) is 5.39 Å². The van der Waals surface area contributed by atoms with Crippen LogP contribution in [-0.2, 0) is 6.54 Å². The maximum Gasteiger partial charge on any atom is 0.294 e. The lowest BCUT2D eigenvalue weighted by atomic mass is 10.1. The number of aromatic amines is 1. The molecule has 1 fully saturated rings. The fourth-order valence-corrected chi connectivity index (χ4v) is 3.20. The van der Waals surface area contributed by atoms with Crippen LogP contribution in [0, 0.1) is 0 Å². The summed E-state index contributed by atoms with van der Waals surface area (Å²) >= 11 is 0. The van der Waals surface area contributed by atoms with Gasteiger partial charge in [0.15, 0.2) is 5.82 Å². The van der Waals surface area contributed by atoms with E-state index in [0.29, 0.717) is 16.7 Å². The summed E-state index contributed by atoms with van der Waals surface area (Å²) in [4.78, 5) is 21.2. The lowest BCUT2D eigenvalue weighted by Crippen LogP contribution is -3.11. The van der Waals surface area contributed by atoms with E-state index in [4.69, 9.17) is 4.42 Å². The largest absolute Gasteiger partial charge is 0.449 e. The third-order valence-electron chi connectivity index (χ3n) is 4.26. The maximum atomic E-state index is 12.2. The number of piperidine rings is 1. The van der Waals surface area contributed by atoms with E-state index in [1.54, 1.807) is 0 Å². The summed E-state index contributed by atoms with van der Waals surface area (Å²) in [6, 6.07) is 7.66. The van der Waals surface area contributed by atoms with E-state index in [0.717, 1.165) is 30.8 Å². The second kappa shape index (κ2) is 5.00. The number of nitrogens with one attached hydrogen (secondary N) is 2. The van der Waals surface area contributed by atoms with Crippen LogP contribution < -0.4 is 10.5 Å². The van der Waals surface area contributed by atoms with Gasteiger partial charge < -0.3 is 14.3 Å². The Kier molecular flexibility index (Phi) is 3.00. The van der Waals surface area contributed by atoms with Crippen LogP contribution >= 0.6 is 0 Å². The minimum absolute atomic E-state index is 0.178. The van der Waals surface area contributed by atoms with Crippen LogP contribution in [0.3, 0.4) is 0 Å². The molecule has 0 amide bonds. The van der Waals surface area contributed by atoms with Crippen molar-refractivity contribution in [2.75, 3.05) is 13.1 Å². The normalized spacial score (nSPS) is 16.8. The summed E-state index contributed by atoms with van der Waals surface area (Å²) in [6.07, 6.45) is 3.84. The molecule has 1 aliphatic rings. The molecule has 0 spiro atoms. The van der Waals surface area contributed by atoms with Crippen molar-refractivity contribution in [3.05, 3.63) is 40.4 Å². The third-order valence-corrected chi connectivity index (χ3v) is 4.26. The average Bonchev–Trinajstić information content (AvgIpc) is 2.88. The zero-order valence-electron chi connectivity index (χ0n) is 11.8. The molecule has 0 aliphatic carbocycles. The number of fused-ring (bicyclic) bond motifs is 3. The Labute approximate surface area is 121 Å². The topological polar surface area (TPSA) is 63.3 Å². The Morgan fingerprint density at radius 2 is 2.00 bits per heavy atom. The van der Waals surface area contributed by atoms with Gasteiger partial charge in [0.05, 0.1) is 13.1 Å². The first-order chi connectivity index (χ1) is 10.3. The first-order valence-corrected chi connectivity index (χ1v) is 7.55. The van der Waals surface area contributed by atoms with Crippen molar-refractivity contribution in [2.45, 2.75) is 25.8 Å². The van der Waals surface area contributed by atoms with Gasteiger partial charge in [-0.15, -0.1) is 0 Å². The van der Waals surface area contributed by atoms with E-state index in [1.165, 1.54) is 24.2 Å². The van der Waals surface area contributed by atoms with Crippen LogP contribution in [0.25, 0.3) is 22.1 Å². The predicted octanol–water partition coefficient (Wildman–Crippen LogP) is 1.24. The molecular formula is C16H18N3O2+. The highest BCUT2D eigenvalue weighted by atomic mass is 16.3. The van der Waals surface area contributed by atoms with Crippen molar-refractivity contribution in [1.82, 2.24) is 9.97 Å². The van der Waals surface area contributed by atoms with Gasteiger partial charge in [-0.3, -0.25) is 4.79 Å². The Morgan fingerprint density at radius 3 is 2.86 bits per heavy atom. The highest BCUT2D eigenvalue weighted by Gasteiger charge is 2.18. The maximum absolute atomic E-state index is 12.2. The monoisotopic (exact) mass is 284 g/mol. The molecule has 108 valence electrons. The molecule has 0 radical (unpaired) electrons. The highest BCUT2D eigenvalue weighted by Crippen LogP contribution is 2.24. The summed E-state index contributed by atoms with van der Waals surface area (Å²) in [5.74, 6) is 0.760. The number of aromatic nitrogens is 2. The number of hydrogen-bond acceptors (Lipinski definition) is 3. The van der Waals surface area contributed by atoms with Crippen LogP contribution in [-0.4, -0.2) is 23.1 Å². The second-order valence-corrected chi connectivity index (χ2v) is 5.78. The summed E-state index contributed by atoms with van der Waals surface area (Å²) in [5.41, 5.74) is 1.55. The number of likely N-dealkylation sites (tertiary alicyclic amines) is 1. The van der Waals surface area contributed by atoms with Gasteiger partial charge in [0.1, 0.15) is 17.6 Å². The molecule has 2 aromatic heterocycles. The van der Waals surface area contributed by atoms with Crippen molar-refractivity contribution in [3.63, 3.8) is 0 Å². The van der Waals surface area contributed by atoms with Gasteiger partial charge in [-0.05, 0) is 31.4 Å². The fourth-order valence-electron chi connectivity index (χ4n) is 3.20. The van der Waals surface area contributed by atoms with E-state index in [2.05, 4.69) is 9.97 Å². The Hall–Kier alpha value is -2.14. The predicted molar refractivity (Wildman–Crippen MR) is 80.4 cm³/mol. The molecule has 5 nitrogen and oxygen atoms in total. The zero-order chi connectivity index (χ0) is 14.2. The molecule has 4 rings (SSSR count). The number of para-hydroxylation sites is 1. The molecule has 0 atom stereocenters. The minimum atomic E-state index is -0.178. The van der Waals surface area contributed by atoms with Crippen molar-refractivity contribution in [3.8, 4) is 0 Å². The van der Waals surface area contributed by atoms with Gasteiger partial charge in [-0.2, -0.15) is 0 Å². The molecule has 21 heavy (non-hydrogen) atoms. The van der Waals surface area contributed by atoms with E-state index >= 15 is 0 Å². The number of H-pyrrole nitrogens is 1. The van der Waals surface area contributed by atoms with E-state index in [9.17, 15) is 4.79 Å². The van der Waals surface area contributed by atoms with Crippen molar-refractivity contribution in [2.24, 2.45) is 0 Å². The summed E-state index contributed by atoms with van der Waals surface area (Å²) in [7, 11) is 0. The van der Waals surface area contributed by atoms with Crippen LogP contribution in [0.15, 0.2) is 33.5 Å². The molecule has 3 aromatic rings. The molecule has 0 unspecified atom stereocenters. The molecule has 1 aliphatic heterocycles. The second-order valence-electron chi connectivity index (χ2n) is 5.78. The zero-order valence-corrected chi connectivity index (χ0v) is 11.8. The number of rotatable bonds is 2. The minimum Gasteiger partial charge on any atom is -0.449 e. The average molecular weight is 284 g/mol. The summed E-state index contributed by atoms with van der Waals surface area (Å²) in [6.45, 7) is 3.10. The standard InChI is InChI=1S/C16H17N3O2/c20-16-15-14(11-6-2-3-7-12(11)21-15)17-13(18-16)10-19-8-4-1-5-9-19/h2-3,6-7H,1,4-5,8-10H2,(H,17,18,20)/p+1. The smallest absolute Gasteiger partial charge is 0.294 e.